The van der Waals surface area contributed by atoms with Crippen LogP contribution in [0.15, 0.2) is 22.7 Å². The van der Waals surface area contributed by atoms with Crippen LogP contribution in [-0.4, -0.2) is 30.1 Å². The Kier molecular flexibility index (Phi) is 4.17. The molecule has 0 bridgehead atoms. The molecule has 2 heterocycles. The molecule has 0 fully saturated rings. The summed E-state index contributed by atoms with van der Waals surface area (Å²) in [4.78, 5) is 4.35. The molecule has 1 atom stereocenters. The third-order valence-electron chi connectivity index (χ3n) is 2.48. The molecule has 0 aliphatic heterocycles. The monoisotopic (exact) mass is 301 g/mol. The van der Waals surface area contributed by atoms with Crippen molar-refractivity contribution in [2.45, 2.75) is 24.8 Å². The first-order valence-corrected chi connectivity index (χ1v) is 8.09. The van der Waals surface area contributed by atoms with Gasteiger partial charge in [0.25, 0.3) is 10.0 Å². The molecule has 2 rings (SSSR count). The van der Waals surface area contributed by atoms with Crippen LogP contribution in [0.25, 0.3) is 0 Å². The van der Waals surface area contributed by atoms with Crippen LogP contribution in [0.5, 0.6) is 0 Å². The second-order valence-electron chi connectivity index (χ2n) is 3.90. The van der Waals surface area contributed by atoms with Gasteiger partial charge >= 0.3 is 0 Å². The largest absolute Gasteiger partial charge is 0.309 e. The van der Waals surface area contributed by atoms with E-state index in [1.165, 1.54) is 23.7 Å². The number of rotatable bonds is 6. The molecule has 0 saturated carbocycles. The van der Waals surface area contributed by atoms with E-state index in [9.17, 15) is 8.42 Å². The SMILES string of the molecule is CCNC(C)c1csc(NS(=O)(=O)c2cn[nH]c2)n1. The lowest BCUT2D eigenvalue weighted by Gasteiger charge is -2.08. The molecular formula is C10H15N5O2S2. The average molecular weight is 301 g/mol. The van der Waals surface area contributed by atoms with Crippen molar-refractivity contribution in [3.63, 3.8) is 0 Å². The third kappa shape index (κ3) is 3.31. The Hall–Kier alpha value is -1.45. The maximum Gasteiger partial charge on any atom is 0.266 e. The standard InChI is InChI=1S/C10H15N5O2S2/c1-3-11-7(2)9-6-18-10(14-9)15-19(16,17)8-4-12-13-5-8/h4-7,11H,3H2,1-2H3,(H,12,13)(H,14,15). The molecule has 0 aliphatic carbocycles. The summed E-state index contributed by atoms with van der Waals surface area (Å²) in [6.07, 6.45) is 2.57. The molecule has 1 unspecified atom stereocenters. The van der Waals surface area contributed by atoms with Crippen LogP contribution in [0.4, 0.5) is 5.13 Å². The van der Waals surface area contributed by atoms with Gasteiger partial charge in [-0.15, -0.1) is 11.3 Å². The van der Waals surface area contributed by atoms with Crippen molar-refractivity contribution in [2.75, 3.05) is 11.3 Å². The molecule has 0 saturated heterocycles. The first-order chi connectivity index (χ1) is 9.03. The molecule has 19 heavy (non-hydrogen) atoms. The molecular weight excluding hydrogens is 286 g/mol. The lowest BCUT2D eigenvalue weighted by Crippen LogP contribution is -2.18. The van der Waals surface area contributed by atoms with E-state index in [0.717, 1.165) is 12.2 Å². The maximum absolute atomic E-state index is 11.9. The maximum atomic E-state index is 11.9. The van der Waals surface area contributed by atoms with Gasteiger partial charge < -0.3 is 5.32 Å². The number of aromatic amines is 1. The second-order valence-corrected chi connectivity index (χ2v) is 6.44. The number of anilines is 1. The van der Waals surface area contributed by atoms with E-state index in [1.807, 2.05) is 19.2 Å². The van der Waals surface area contributed by atoms with E-state index in [-0.39, 0.29) is 10.9 Å². The Morgan fingerprint density at radius 3 is 2.95 bits per heavy atom. The fraction of sp³-hybridized carbons (Fsp3) is 0.400. The number of nitrogens with one attached hydrogen (secondary N) is 3. The predicted octanol–water partition coefficient (Wildman–Crippen LogP) is 1.34. The molecule has 0 amide bonds. The number of thiazole rings is 1. The highest BCUT2D eigenvalue weighted by Gasteiger charge is 2.18. The van der Waals surface area contributed by atoms with E-state index in [4.69, 9.17) is 0 Å². The fourth-order valence-corrected chi connectivity index (χ4v) is 3.46. The van der Waals surface area contributed by atoms with Crippen LogP contribution in [0.1, 0.15) is 25.6 Å². The molecule has 104 valence electrons. The van der Waals surface area contributed by atoms with Crippen molar-refractivity contribution in [3.8, 4) is 0 Å². The zero-order valence-corrected chi connectivity index (χ0v) is 12.2. The van der Waals surface area contributed by atoms with Gasteiger partial charge in [-0.25, -0.2) is 13.4 Å². The molecule has 2 aromatic heterocycles. The van der Waals surface area contributed by atoms with Gasteiger partial charge in [0.15, 0.2) is 5.13 Å². The molecule has 7 nitrogen and oxygen atoms in total. The summed E-state index contributed by atoms with van der Waals surface area (Å²) in [5, 5.41) is 11.5. The van der Waals surface area contributed by atoms with Crippen molar-refractivity contribution in [2.24, 2.45) is 0 Å². The molecule has 0 aliphatic rings. The Balaban J connectivity index is 2.12. The Morgan fingerprint density at radius 2 is 2.32 bits per heavy atom. The van der Waals surface area contributed by atoms with Crippen molar-refractivity contribution < 1.29 is 8.42 Å². The zero-order valence-electron chi connectivity index (χ0n) is 10.5. The van der Waals surface area contributed by atoms with Gasteiger partial charge in [-0.2, -0.15) is 5.10 Å². The molecule has 0 radical (unpaired) electrons. The first kappa shape index (κ1) is 14.0. The summed E-state index contributed by atoms with van der Waals surface area (Å²) in [5.74, 6) is 0. The molecule has 3 N–H and O–H groups in total. The summed E-state index contributed by atoms with van der Waals surface area (Å²) in [5.41, 5.74) is 0.816. The van der Waals surface area contributed by atoms with E-state index in [0.29, 0.717) is 5.13 Å². The van der Waals surface area contributed by atoms with Crippen molar-refractivity contribution in [3.05, 3.63) is 23.5 Å². The van der Waals surface area contributed by atoms with E-state index in [2.05, 4.69) is 25.2 Å². The number of nitrogens with zero attached hydrogens (tertiary/aromatic N) is 2. The number of aromatic nitrogens is 3. The highest BCUT2D eigenvalue weighted by molar-refractivity contribution is 7.93. The quantitative estimate of drug-likeness (QED) is 0.747. The lowest BCUT2D eigenvalue weighted by molar-refractivity contribution is 0.586. The minimum Gasteiger partial charge on any atom is -0.309 e. The van der Waals surface area contributed by atoms with Gasteiger partial charge in [0.05, 0.1) is 11.9 Å². The minimum absolute atomic E-state index is 0.0870. The van der Waals surface area contributed by atoms with Gasteiger partial charge in [0, 0.05) is 17.6 Å². The van der Waals surface area contributed by atoms with Gasteiger partial charge in [-0.05, 0) is 13.5 Å². The average Bonchev–Trinajstić information content (AvgIpc) is 2.98. The lowest BCUT2D eigenvalue weighted by atomic mass is 10.3. The third-order valence-corrected chi connectivity index (χ3v) is 4.69. The van der Waals surface area contributed by atoms with E-state index in [1.54, 1.807) is 0 Å². The number of hydrogen-bond donors (Lipinski definition) is 3. The summed E-state index contributed by atoms with van der Waals surface area (Å²) in [7, 11) is -3.61. The summed E-state index contributed by atoms with van der Waals surface area (Å²) < 4.78 is 26.3. The van der Waals surface area contributed by atoms with Crippen LogP contribution in [0.3, 0.4) is 0 Å². The van der Waals surface area contributed by atoms with Crippen molar-refractivity contribution in [1.82, 2.24) is 20.5 Å². The second kappa shape index (κ2) is 5.68. The normalized spacial score (nSPS) is 13.4. The topological polar surface area (TPSA) is 99.8 Å². The van der Waals surface area contributed by atoms with Gasteiger partial charge in [-0.3, -0.25) is 9.82 Å². The van der Waals surface area contributed by atoms with Crippen LogP contribution < -0.4 is 10.0 Å². The predicted molar refractivity (Wildman–Crippen MR) is 73.6 cm³/mol. The smallest absolute Gasteiger partial charge is 0.266 e. The van der Waals surface area contributed by atoms with Crippen LogP contribution in [0.2, 0.25) is 0 Å². The van der Waals surface area contributed by atoms with E-state index >= 15 is 0 Å². The first-order valence-electron chi connectivity index (χ1n) is 5.73. The van der Waals surface area contributed by atoms with Crippen LogP contribution in [0, 0.1) is 0 Å². The van der Waals surface area contributed by atoms with Gasteiger partial charge in [0.1, 0.15) is 4.90 Å². The summed E-state index contributed by atoms with van der Waals surface area (Å²) >= 11 is 1.26. The van der Waals surface area contributed by atoms with Crippen molar-refractivity contribution >= 4 is 26.5 Å². The number of hydrogen-bond acceptors (Lipinski definition) is 6. The van der Waals surface area contributed by atoms with Gasteiger partial charge in [-0.1, -0.05) is 6.92 Å². The summed E-state index contributed by atoms with van der Waals surface area (Å²) in [6.45, 7) is 4.81. The van der Waals surface area contributed by atoms with Gasteiger partial charge in [0.2, 0.25) is 0 Å². The molecule has 0 aromatic carbocycles. The Bertz CT molecular complexity index is 620. The van der Waals surface area contributed by atoms with Crippen LogP contribution >= 0.6 is 11.3 Å². The molecule has 9 heteroatoms. The van der Waals surface area contributed by atoms with E-state index < -0.39 is 10.0 Å². The minimum atomic E-state index is -3.61. The molecule has 2 aromatic rings. The van der Waals surface area contributed by atoms with Crippen LogP contribution in [-0.2, 0) is 10.0 Å². The highest BCUT2D eigenvalue weighted by atomic mass is 32.2. The zero-order chi connectivity index (χ0) is 13.9. The Labute approximate surface area is 115 Å². The molecule has 0 spiro atoms. The van der Waals surface area contributed by atoms with Crippen molar-refractivity contribution in [1.29, 1.82) is 0 Å². The fourth-order valence-electron chi connectivity index (χ4n) is 1.50. The number of sulfonamides is 1. The Morgan fingerprint density at radius 1 is 1.53 bits per heavy atom. The number of H-pyrrole nitrogens is 1. The summed E-state index contributed by atoms with van der Waals surface area (Å²) in [6, 6.07) is 0.0911. The highest BCUT2D eigenvalue weighted by Crippen LogP contribution is 2.22.